The highest BCUT2D eigenvalue weighted by atomic mass is 18.3. The topological polar surface area (TPSA) is 88.8 Å². The fourth-order valence-electron chi connectivity index (χ4n) is 2.32. The Labute approximate surface area is 137 Å². The van der Waals surface area contributed by atoms with E-state index in [0.29, 0.717) is 12.8 Å². The van der Waals surface area contributed by atoms with Crippen LogP contribution in [0.25, 0.3) is 0 Å². The van der Waals surface area contributed by atoms with Crippen molar-refractivity contribution in [3.8, 4) is 0 Å². The molecule has 0 bridgehead atoms. The molecular formula is C15H21FN2O6. The van der Waals surface area contributed by atoms with Crippen molar-refractivity contribution in [2.45, 2.75) is 58.5 Å². The molecule has 2 atom stereocenters. The van der Waals surface area contributed by atoms with E-state index in [1.807, 2.05) is 0 Å². The normalized spacial score (nSPS) is 20.9. The molecular weight excluding hydrogens is 322 g/mol. The van der Waals surface area contributed by atoms with E-state index in [1.165, 1.54) is 13.1 Å². The summed E-state index contributed by atoms with van der Waals surface area (Å²) in [6.07, 6.45) is 0.257. The highest BCUT2D eigenvalue weighted by Gasteiger charge is 2.30. The van der Waals surface area contributed by atoms with Gasteiger partial charge in [0, 0.05) is 11.8 Å². The van der Waals surface area contributed by atoms with Crippen LogP contribution < -0.4 is 11.2 Å². The van der Waals surface area contributed by atoms with Crippen molar-refractivity contribution >= 4 is 6.16 Å². The number of nitrogens with zero attached hydrogens (tertiary/aromatic N) is 2. The number of aromatic nitrogens is 2. The van der Waals surface area contributed by atoms with Gasteiger partial charge in [-0.3, -0.25) is 9.36 Å². The van der Waals surface area contributed by atoms with Crippen LogP contribution in [0.3, 0.4) is 0 Å². The first kappa shape index (κ1) is 18.2. The van der Waals surface area contributed by atoms with Gasteiger partial charge in [-0.15, -0.1) is 0 Å². The lowest BCUT2D eigenvalue weighted by Crippen LogP contribution is -2.38. The third-order valence-corrected chi connectivity index (χ3v) is 3.41. The van der Waals surface area contributed by atoms with E-state index in [9.17, 15) is 18.9 Å². The fourth-order valence-corrected chi connectivity index (χ4v) is 2.32. The van der Waals surface area contributed by atoms with Gasteiger partial charge in [0.25, 0.3) is 5.56 Å². The third-order valence-electron chi connectivity index (χ3n) is 3.41. The molecule has 0 aromatic carbocycles. The Morgan fingerprint density at radius 1 is 1.38 bits per heavy atom. The number of hydrogen-bond acceptors (Lipinski definition) is 6. The van der Waals surface area contributed by atoms with Crippen molar-refractivity contribution in [1.82, 2.24) is 9.36 Å². The SMILES string of the molecule is Cc1cn([C@H]2CC[C@@H](COC(=O)OC(C)(C)C)O2)c(=O)n([18F])c1=O. The molecule has 0 amide bonds. The summed E-state index contributed by atoms with van der Waals surface area (Å²) < 4.78 is 30.2. The van der Waals surface area contributed by atoms with Crippen LogP contribution in [0.4, 0.5) is 9.28 Å². The predicted octanol–water partition coefficient (Wildman–Crippen LogP) is 1.68. The number of carbonyl (C=O) groups is 1. The summed E-state index contributed by atoms with van der Waals surface area (Å²) in [7, 11) is 0. The lowest BCUT2D eigenvalue weighted by Gasteiger charge is -2.20. The average molecular weight is 343 g/mol. The first-order valence-electron chi connectivity index (χ1n) is 7.60. The minimum atomic E-state index is -1.09. The van der Waals surface area contributed by atoms with Crippen molar-refractivity contribution in [1.29, 1.82) is 0 Å². The van der Waals surface area contributed by atoms with Crippen LogP contribution in [0.1, 0.15) is 45.4 Å². The molecule has 9 heteroatoms. The Morgan fingerprint density at radius 3 is 2.67 bits per heavy atom. The third kappa shape index (κ3) is 4.22. The summed E-state index contributed by atoms with van der Waals surface area (Å²) in [5.74, 6) is 0. The lowest BCUT2D eigenvalue weighted by molar-refractivity contribution is -0.0552. The molecule has 1 saturated heterocycles. The number of halogens is 1. The second-order valence-electron chi connectivity index (χ2n) is 6.65. The number of aryl methyl sites for hydroxylation is 1. The molecule has 2 heterocycles. The maximum absolute atomic E-state index is 13.5. The summed E-state index contributed by atoms with van der Waals surface area (Å²) in [5.41, 5.74) is -2.65. The van der Waals surface area contributed by atoms with Crippen LogP contribution in [0.15, 0.2) is 15.8 Å². The Kier molecular flexibility index (Phi) is 5.12. The van der Waals surface area contributed by atoms with Gasteiger partial charge in [0.05, 0.1) is 6.10 Å². The maximum atomic E-state index is 13.5. The van der Waals surface area contributed by atoms with Gasteiger partial charge in [0.2, 0.25) is 0 Å². The summed E-state index contributed by atoms with van der Waals surface area (Å²) in [4.78, 5) is 34.3. The monoisotopic (exact) mass is 343 g/mol. The first-order chi connectivity index (χ1) is 11.1. The largest absolute Gasteiger partial charge is 0.508 e. The molecule has 8 nitrogen and oxygen atoms in total. The molecule has 1 fully saturated rings. The van der Waals surface area contributed by atoms with Gasteiger partial charge >= 0.3 is 11.8 Å². The Morgan fingerprint density at radius 2 is 2.04 bits per heavy atom. The summed E-state index contributed by atoms with van der Waals surface area (Å²) in [5, 5.41) is 0. The Hall–Kier alpha value is -2.16. The van der Waals surface area contributed by atoms with Gasteiger partial charge in [-0.1, -0.05) is 9.27 Å². The summed E-state index contributed by atoms with van der Waals surface area (Å²) in [6, 6.07) is 0. The zero-order valence-corrected chi connectivity index (χ0v) is 14.1. The van der Waals surface area contributed by atoms with E-state index in [2.05, 4.69) is 0 Å². The van der Waals surface area contributed by atoms with Crippen molar-refractivity contribution in [2.75, 3.05) is 6.61 Å². The number of ether oxygens (including phenoxy) is 3. The second-order valence-corrected chi connectivity index (χ2v) is 6.65. The van der Waals surface area contributed by atoms with Gasteiger partial charge in [-0.25, -0.2) is 9.59 Å². The van der Waals surface area contributed by atoms with Crippen LogP contribution in [-0.2, 0) is 14.2 Å². The fraction of sp³-hybridized carbons (Fsp3) is 0.667. The number of rotatable bonds is 3. The van der Waals surface area contributed by atoms with Crippen LogP contribution in [0, 0.1) is 6.92 Å². The van der Waals surface area contributed by atoms with E-state index in [0.717, 1.165) is 4.57 Å². The average Bonchev–Trinajstić information content (AvgIpc) is 2.93. The highest BCUT2D eigenvalue weighted by molar-refractivity contribution is 5.60. The molecule has 0 aliphatic carbocycles. The van der Waals surface area contributed by atoms with E-state index >= 15 is 0 Å². The molecule has 1 aliphatic rings. The Bertz CT molecular complexity index is 733. The molecule has 1 aromatic rings. The van der Waals surface area contributed by atoms with Crippen molar-refractivity contribution < 1.29 is 23.5 Å². The van der Waals surface area contributed by atoms with Crippen molar-refractivity contribution in [3.63, 3.8) is 0 Å². The molecule has 0 unspecified atom stereocenters. The molecule has 2 rings (SSSR count). The van der Waals surface area contributed by atoms with Gasteiger partial charge in [0.1, 0.15) is 18.4 Å². The van der Waals surface area contributed by atoms with Gasteiger partial charge in [-0.2, -0.15) is 0 Å². The zero-order valence-electron chi connectivity index (χ0n) is 14.1. The first-order valence-corrected chi connectivity index (χ1v) is 7.60. The van der Waals surface area contributed by atoms with Crippen LogP contribution >= 0.6 is 0 Å². The Balaban J connectivity index is 1.98. The van der Waals surface area contributed by atoms with E-state index in [1.54, 1.807) is 20.8 Å². The van der Waals surface area contributed by atoms with E-state index in [-0.39, 0.29) is 12.2 Å². The predicted molar refractivity (Wildman–Crippen MR) is 81.5 cm³/mol. The van der Waals surface area contributed by atoms with Crippen LogP contribution in [0.5, 0.6) is 0 Å². The van der Waals surface area contributed by atoms with Crippen molar-refractivity contribution in [2.24, 2.45) is 0 Å². The summed E-state index contributed by atoms with van der Waals surface area (Å²) in [6.45, 7) is 6.53. The van der Waals surface area contributed by atoms with Gasteiger partial charge in [-0.05, 0) is 40.5 Å². The van der Waals surface area contributed by atoms with Crippen molar-refractivity contribution in [3.05, 3.63) is 32.6 Å². The number of carbonyl (C=O) groups excluding carboxylic acids is 1. The minimum absolute atomic E-state index is 0.0333. The second kappa shape index (κ2) is 6.76. The molecule has 134 valence electrons. The zero-order chi connectivity index (χ0) is 18.1. The van der Waals surface area contributed by atoms with Crippen LogP contribution in [-0.4, -0.2) is 33.8 Å². The van der Waals surface area contributed by atoms with Gasteiger partial charge in [0.15, 0.2) is 0 Å². The minimum Gasteiger partial charge on any atom is -0.432 e. The van der Waals surface area contributed by atoms with Gasteiger partial charge < -0.3 is 14.2 Å². The molecule has 0 radical (unpaired) electrons. The molecule has 0 N–H and O–H groups in total. The standard InChI is InChI=1S/C15H21FN2O6/c1-9-7-17(13(20)18(16)12(9)19)11-6-5-10(23-11)8-22-14(21)24-15(2,3)4/h7,10-11H,5-6,8H2,1-4H3/t10-,11+/m0/s1/i16-1. The maximum Gasteiger partial charge on any atom is 0.508 e. The molecule has 0 saturated carbocycles. The highest BCUT2D eigenvalue weighted by Crippen LogP contribution is 2.27. The lowest BCUT2D eigenvalue weighted by atomic mass is 10.2. The summed E-state index contributed by atoms with van der Waals surface area (Å²) >= 11 is 0. The van der Waals surface area contributed by atoms with E-state index in [4.69, 9.17) is 14.2 Å². The van der Waals surface area contributed by atoms with Crippen LogP contribution in [0.2, 0.25) is 0 Å². The number of hydrogen-bond donors (Lipinski definition) is 0. The quantitative estimate of drug-likeness (QED) is 0.776. The smallest absolute Gasteiger partial charge is 0.432 e. The molecule has 1 aliphatic heterocycles. The molecule has 0 spiro atoms. The van der Waals surface area contributed by atoms with E-state index < -0.39 is 40.1 Å². The molecule has 1 aromatic heterocycles. The molecule has 24 heavy (non-hydrogen) atoms.